The zero-order valence-corrected chi connectivity index (χ0v) is 11.4. The monoisotopic (exact) mass is 288 g/mol. The Morgan fingerprint density at radius 2 is 2.05 bits per heavy atom. The average molecular weight is 288 g/mol. The fraction of sp³-hybridized carbons (Fsp3) is 0.214. The topological polar surface area (TPSA) is 101 Å². The van der Waals surface area contributed by atoms with Gasteiger partial charge < -0.3 is 10.7 Å². The van der Waals surface area contributed by atoms with Crippen LogP contribution in [0.25, 0.3) is 0 Å². The number of amides is 3. The van der Waals surface area contributed by atoms with E-state index in [9.17, 15) is 9.59 Å². The lowest BCUT2D eigenvalue weighted by Gasteiger charge is -2.17. The van der Waals surface area contributed by atoms with Gasteiger partial charge >= 0.3 is 6.03 Å². The molecule has 0 unspecified atom stereocenters. The van der Waals surface area contributed by atoms with Crippen LogP contribution in [0, 0.1) is 0 Å². The van der Waals surface area contributed by atoms with Crippen molar-refractivity contribution in [3.63, 3.8) is 0 Å². The highest BCUT2D eigenvalue weighted by Crippen LogP contribution is 2.06. The van der Waals surface area contributed by atoms with Crippen LogP contribution in [0.5, 0.6) is 0 Å². The van der Waals surface area contributed by atoms with Gasteiger partial charge in [0, 0.05) is 11.8 Å². The Labute approximate surface area is 121 Å². The smallest absolute Gasteiger partial charge is 0.346 e. The predicted molar refractivity (Wildman–Crippen MR) is 75.1 cm³/mol. The van der Waals surface area contributed by atoms with Crippen molar-refractivity contribution in [3.8, 4) is 0 Å². The lowest BCUT2D eigenvalue weighted by Crippen LogP contribution is -2.41. The van der Waals surface area contributed by atoms with Gasteiger partial charge in [0.15, 0.2) is 0 Å². The standard InChI is InChI=1S/C14H16N4O3/c15-14(20)18(13(19)11-5-2-1-3-6-11)21-8-4-7-12-9-16-10-17-12/h1-3,5-6,9-10H,4,7-8H2,(H2,15,20)(H,16,17). The highest BCUT2D eigenvalue weighted by Gasteiger charge is 2.21. The number of hydrogen-bond acceptors (Lipinski definition) is 4. The molecule has 1 heterocycles. The van der Waals surface area contributed by atoms with Gasteiger partial charge in [-0.25, -0.2) is 9.78 Å². The number of nitrogens with two attached hydrogens (primary N) is 1. The maximum atomic E-state index is 12.1. The Bertz CT molecular complexity index is 584. The Kier molecular flexibility index (Phi) is 5.05. The van der Waals surface area contributed by atoms with Crippen molar-refractivity contribution in [2.24, 2.45) is 5.73 Å². The van der Waals surface area contributed by atoms with E-state index in [1.165, 1.54) is 0 Å². The third-order valence-corrected chi connectivity index (χ3v) is 2.76. The summed E-state index contributed by atoms with van der Waals surface area (Å²) in [5, 5.41) is 0.583. The predicted octanol–water partition coefficient (Wildman–Crippen LogP) is 1.49. The van der Waals surface area contributed by atoms with Crippen molar-refractivity contribution in [2.45, 2.75) is 12.8 Å². The van der Waals surface area contributed by atoms with E-state index in [2.05, 4.69) is 9.97 Å². The van der Waals surface area contributed by atoms with Crippen LogP contribution < -0.4 is 5.73 Å². The van der Waals surface area contributed by atoms with E-state index in [0.717, 1.165) is 5.69 Å². The van der Waals surface area contributed by atoms with E-state index in [0.29, 0.717) is 23.5 Å². The van der Waals surface area contributed by atoms with Crippen LogP contribution in [-0.4, -0.2) is 33.6 Å². The molecule has 1 aromatic heterocycles. The van der Waals surface area contributed by atoms with Gasteiger partial charge in [0.25, 0.3) is 5.91 Å². The highest BCUT2D eigenvalue weighted by molar-refractivity contribution is 6.02. The number of aromatic nitrogens is 2. The summed E-state index contributed by atoms with van der Waals surface area (Å²) in [6.45, 7) is 0.189. The summed E-state index contributed by atoms with van der Waals surface area (Å²) in [6, 6.07) is 7.41. The summed E-state index contributed by atoms with van der Waals surface area (Å²) in [7, 11) is 0. The first-order chi connectivity index (χ1) is 10.2. The van der Waals surface area contributed by atoms with Crippen LogP contribution in [0.2, 0.25) is 0 Å². The minimum Gasteiger partial charge on any atom is -0.351 e. The number of hydrogen-bond donors (Lipinski definition) is 2. The van der Waals surface area contributed by atoms with E-state index in [4.69, 9.17) is 10.6 Å². The number of imide groups is 1. The van der Waals surface area contributed by atoms with Crippen molar-refractivity contribution in [1.29, 1.82) is 0 Å². The molecule has 2 rings (SSSR count). The van der Waals surface area contributed by atoms with Gasteiger partial charge in [0.2, 0.25) is 0 Å². The van der Waals surface area contributed by atoms with Crippen LogP contribution in [0.1, 0.15) is 22.5 Å². The van der Waals surface area contributed by atoms with E-state index in [1.807, 2.05) is 0 Å². The fourth-order valence-corrected chi connectivity index (χ4v) is 1.76. The van der Waals surface area contributed by atoms with Crippen molar-refractivity contribution in [3.05, 3.63) is 54.1 Å². The minimum atomic E-state index is -0.941. The minimum absolute atomic E-state index is 0.189. The molecule has 110 valence electrons. The molecule has 3 amide bonds. The number of urea groups is 1. The zero-order chi connectivity index (χ0) is 15.1. The van der Waals surface area contributed by atoms with Crippen LogP contribution in [0.3, 0.4) is 0 Å². The molecule has 0 radical (unpaired) electrons. The van der Waals surface area contributed by atoms with Gasteiger partial charge in [-0.3, -0.25) is 9.63 Å². The molecule has 0 spiro atoms. The summed E-state index contributed by atoms with van der Waals surface area (Å²) in [5.74, 6) is -0.581. The van der Waals surface area contributed by atoms with E-state index in [-0.39, 0.29) is 6.61 Å². The lowest BCUT2D eigenvalue weighted by atomic mass is 10.2. The number of primary amides is 1. The average Bonchev–Trinajstić information content (AvgIpc) is 3.00. The number of carbonyl (C=O) groups excluding carboxylic acids is 2. The van der Waals surface area contributed by atoms with Crippen LogP contribution in [0.15, 0.2) is 42.9 Å². The molecule has 0 bridgehead atoms. The first kappa shape index (κ1) is 14.7. The molecule has 1 aromatic carbocycles. The number of hydroxylamine groups is 2. The van der Waals surface area contributed by atoms with Gasteiger partial charge in [0.05, 0.1) is 18.6 Å². The van der Waals surface area contributed by atoms with Crippen LogP contribution >= 0.6 is 0 Å². The van der Waals surface area contributed by atoms with Crippen molar-refractivity contribution >= 4 is 11.9 Å². The number of benzene rings is 1. The van der Waals surface area contributed by atoms with Crippen LogP contribution in [0.4, 0.5) is 4.79 Å². The third kappa shape index (κ3) is 4.15. The number of carbonyl (C=O) groups is 2. The molecule has 7 nitrogen and oxygen atoms in total. The summed E-state index contributed by atoms with van der Waals surface area (Å²) >= 11 is 0. The molecule has 0 aliphatic heterocycles. The summed E-state index contributed by atoms with van der Waals surface area (Å²) in [5.41, 5.74) is 6.40. The van der Waals surface area contributed by atoms with Crippen molar-refractivity contribution < 1.29 is 14.4 Å². The molecule has 7 heteroatoms. The molecule has 0 aliphatic carbocycles. The number of aryl methyl sites for hydroxylation is 1. The number of aromatic amines is 1. The maximum absolute atomic E-state index is 12.1. The van der Waals surface area contributed by atoms with Gasteiger partial charge in [-0.15, -0.1) is 5.06 Å². The van der Waals surface area contributed by atoms with Crippen molar-refractivity contribution in [2.75, 3.05) is 6.61 Å². The second kappa shape index (κ2) is 7.20. The second-order valence-electron chi connectivity index (χ2n) is 4.30. The molecule has 21 heavy (non-hydrogen) atoms. The second-order valence-corrected chi connectivity index (χ2v) is 4.30. The number of nitrogens with one attached hydrogen (secondary N) is 1. The third-order valence-electron chi connectivity index (χ3n) is 2.76. The molecule has 3 N–H and O–H groups in total. The Morgan fingerprint density at radius 1 is 1.29 bits per heavy atom. The summed E-state index contributed by atoms with van der Waals surface area (Å²) in [4.78, 5) is 35.5. The highest BCUT2D eigenvalue weighted by atomic mass is 16.7. The SMILES string of the molecule is NC(=O)N(OCCCc1c[nH]cn1)C(=O)c1ccccc1. The fourth-order valence-electron chi connectivity index (χ4n) is 1.76. The molecular weight excluding hydrogens is 272 g/mol. The zero-order valence-electron chi connectivity index (χ0n) is 11.4. The first-order valence-corrected chi connectivity index (χ1v) is 6.48. The van der Waals surface area contributed by atoms with Crippen molar-refractivity contribution in [1.82, 2.24) is 15.0 Å². The summed E-state index contributed by atoms with van der Waals surface area (Å²) < 4.78 is 0. The quantitative estimate of drug-likeness (QED) is 0.621. The summed E-state index contributed by atoms with van der Waals surface area (Å²) in [6.07, 6.45) is 4.65. The number of imidazole rings is 1. The molecule has 0 atom stereocenters. The van der Waals surface area contributed by atoms with Crippen LogP contribution in [-0.2, 0) is 11.3 Å². The normalized spacial score (nSPS) is 10.3. The molecule has 2 aromatic rings. The van der Waals surface area contributed by atoms with Gasteiger partial charge in [-0.2, -0.15) is 0 Å². The lowest BCUT2D eigenvalue weighted by molar-refractivity contribution is -0.0860. The van der Waals surface area contributed by atoms with Gasteiger partial charge in [0.1, 0.15) is 0 Å². The Morgan fingerprint density at radius 3 is 2.67 bits per heavy atom. The molecular formula is C14H16N4O3. The number of H-pyrrole nitrogens is 1. The molecule has 0 saturated carbocycles. The molecule has 0 saturated heterocycles. The Balaban J connectivity index is 1.87. The van der Waals surface area contributed by atoms with Gasteiger partial charge in [-0.05, 0) is 25.0 Å². The Hall–Kier alpha value is -2.67. The largest absolute Gasteiger partial charge is 0.351 e. The molecule has 0 fully saturated rings. The first-order valence-electron chi connectivity index (χ1n) is 6.48. The van der Waals surface area contributed by atoms with E-state index < -0.39 is 11.9 Å². The molecule has 0 aliphatic rings. The van der Waals surface area contributed by atoms with Gasteiger partial charge in [-0.1, -0.05) is 18.2 Å². The van der Waals surface area contributed by atoms with E-state index >= 15 is 0 Å². The number of rotatable bonds is 6. The number of nitrogens with zero attached hydrogens (tertiary/aromatic N) is 2. The maximum Gasteiger partial charge on any atom is 0.346 e. The van der Waals surface area contributed by atoms with E-state index in [1.54, 1.807) is 42.9 Å².